The van der Waals surface area contributed by atoms with Gasteiger partial charge in [0.15, 0.2) is 0 Å². The maximum Gasteiger partial charge on any atom is 0.332 e. The number of urea groups is 1. The highest BCUT2D eigenvalue weighted by molar-refractivity contribution is 6.21. The predicted molar refractivity (Wildman–Crippen MR) is 101 cm³/mol. The first kappa shape index (κ1) is 17.2. The summed E-state index contributed by atoms with van der Waals surface area (Å²) in [5.74, 6) is -0.188. The van der Waals surface area contributed by atoms with E-state index in [0.29, 0.717) is 18.7 Å². The maximum absolute atomic E-state index is 12.7. The predicted octanol–water partition coefficient (Wildman–Crippen LogP) is 0.919. The number of rotatable bonds is 4. The van der Waals surface area contributed by atoms with E-state index in [2.05, 4.69) is 17.0 Å². The van der Waals surface area contributed by atoms with Crippen molar-refractivity contribution in [2.75, 3.05) is 44.3 Å². The first-order valence-electron chi connectivity index (χ1n) is 9.90. The fourth-order valence-corrected chi connectivity index (χ4v) is 4.78. The number of carbonyl (C=O) groups excluding carboxylic acids is 2. The van der Waals surface area contributed by atoms with E-state index in [4.69, 9.17) is 10.5 Å². The third kappa shape index (κ3) is 2.76. The molecule has 1 saturated carbocycles. The van der Waals surface area contributed by atoms with Gasteiger partial charge in [0.25, 0.3) is 5.91 Å². The molecule has 0 radical (unpaired) electrons. The highest BCUT2D eigenvalue weighted by atomic mass is 16.5. The SMILES string of the molecule is N[C@@H]1CCN2C(=O)N(c3ccc(C4(CN5CCOCC5)CC4)cc3)C(=O)[C@H]12. The standard InChI is InChI=1S/C20H26N4O3/c21-16-5-8-23-17(16)18(25)24(19(23)26)15-3-1-14(2-4-15)20(6-7-20)13-22-9-11-27-12-10-22/h1-4,16-17H,5-13,21H2/t16-,17+/m1/s1. The van der Waals surface area contributed by atoms with E-state index in [-0.39, 0.29) is 23.4 Å². The third-order valence-corrected chi connectivity index (χ3v) is 6.58. The zero-order chi connectivity index (χ0) is 18.6. The first-order valence-corrected chi connectivity index (χ1v) is 9.90. The van der Waals surface area contributed by atoms with Crippen LogP contribution in [0.15, 0.2) is 24.3 Å². The van der Waals surface area contributed by atoms with Crippen molar-refractivity contribution in [3.05, 3.63) is 29.8 Å². The highest BCUT2D eigenvalue weighted by Gasteiger charge is 2.52. The molecule has 1 aromatic rings. The van der Waals surface area contributed by atoms with E-state index in [1.54, 1.807) is 4.90 Å². The lowest BCUT2D eigenvalue weighted by Gasteiger charge is -2.31. The molecule has 27 heavy (non-hydrogen) atoms. The molecule has 4 fully saturated rings. The molecule has 144 valence electrons. The molecule has 2 atom stereocenters. The lowest BCUT2D eigenvalue weighted by atomic mass is 9.94. The van der Waals surface area contributed by atoms with Crippen LogP contribution in [0.1, 0.15) is 24.8 Å². The van der Waals surface area contributed by atoms with Crippen molar-refractivity contribution in [2.45, 2.75) is 36.8 Å². The molecule has 4 aliphatic rings. The number of morpholine rings is 1. The van der Waals surface area contributed by atoms with Gasteiger partial charge in [-0.1, -0.05) is 12.1 Å². The number of anilines is 1. The second-order valence-electron chi connectivity index (χ2n) is 8.26. The van der Waals surface area contributed by atoms with Gasteiger partial charge in [-0.2, -0.15) is 0 Å². The molecule has 3 saturated heterocycles. The van der Waals surface area contributed by atoms with Gasteiger partial charge in [-0.05, 0) is 37.0 Å². The summed E-state index contributed by atoms with van der Waals surface area (Å²) >= 11 is 0. The second kappa shape index (κ2) is 6.29. The molecule has 0 spiro atoms. The van der Waals surface area contributed by atoms with E-state index in [0.717, 1.165) is 32.8 Å². The van der Waals surface area contributed by atoms with Crippen LogP contribution in [-0.2, 0) is 14.9 Å². The van der Waals surface area contributed by atoms with Crippen molar-refractivity contribution in [1.82, 2.24) is 9.80 Å². The minimum absolute atomic E-state index is 0.188. The molecule has 0 unspecified atom stereocenters. The maximum atomic E-state index is 12.7. The summed E-state index contributed by atoms with van der Waals surface area (Å²) in [4.78, 5) is 30.8. The largest absolute Gasteiger partial charge is 0.379 e. The Balaban J connectivity index is 1.33. The lowest BCUT2D eigenvalue weighted by Crippen LogP contribution is -2.41. The Hall–Kier alpha value is -1.96. The van der Waals surface area contributed by atoms with Crippen LogP contribution in [0.2, 0.25) is 0 Å². The van der Waals surface area contributed by atoms with Crippen molar-refractivity contribution in [3.8, 4) is 0 Å². The molecular formula is C20H26N4O3. The number of nitrogens with two attached hydrogens (primary N) is 1. The second-order valence-corrected chi connectivity index (χ2v) is 8.26. The van der Waals surface area contributed by atoms with Crippen LogP contribution in [0.4, 0.5) is 10.5 Å². The molecule has 0 bridgehead atoms. The molecule has 3 heterocycles. The molecule has 0 aromatic heterocycles. The molecule has 3 aliphatic heterocycles. The first-order chi connectivity index (χ1) is 13.1. The number of amides is 3. The molecule has 7 nitrogen and oxygen atoms in total. The number of benzene rings is 1. The Labute approximate surface area is 159 Å². The van der Waals surface area contributed by atoms with Crippen LogP contribution >= 0.6 is 0 Å². The van der Waals surface area contributed by atoms with E-state index in [1.165, 1.54) is 23.3 Å². The summed E-state index contributed by atoms with van der Waals surface area (Å²) in [6, 6.07) is 7.03. The normalized spacial score (nSPS) is 30.1. The van der Waals surface area contributed by atoms with E-state index < -0.39 is 6.04 Å². The van der Waals surface area contributed by atoms with Crippen LogP contribution in [0.25, 0.3) is 0 Å². The molecule has 1 aliphatic carbocycles. The number of nitrogens with zero attached hydrogens (tertiary/aromatic N) is 3. The van der Waals surface area contributed by atoms with Gasteiger partial charge < -0.3 is 15.4 Å². The van der Waals surface area contributed by atoms with E-state index >= 15 is 0 Å². The Morgan fingerprint density at radius 1 is 1.07 bits per heavy atom. The van der Waals surface area contributed by atoms with Crippen LogP contribution in [-0.4, -0.2) is 73.2 Å². The quantitative estimate of drug-likeness (QED) is 0.798. The molecule has 5 rings (SSSR count). The van der Waals surface area contributed by atoms with E-state index in [1.807, 2.05) is 12.1 Å². The number of fused-ring (bicyclic) bond motifs is 1. The number of imide groups is 1. The monoisotopic (exact) mass is 370 g/mol. The Morgan fingerprint density at radius 3 is 2.41 bits per heavy atom. The summed E-state index contributed by atoms with van der Waals surface area (Å²) in [6.45, 7) is 5.24. The van der Waals surface area contributed by atoms with Crippen LogP contribution in [0.3, 0.4) is 0 Å². The smallest absolute Gasteiger partial charge is 0.332 e. The number of carbonyl (C=O) groups is 2. The van der Waals surface area contributed by atoms with Crippen molar-refractivity contribution in [2.24, 2.45) is 5.73 Å². The number of ether oxygens (including phenoxy) is 1. The van der Waals surface area contributed by atoms with Crippen LogP contribution in [0, 0.1) is 0 Å². The summed E-state index contributed by atoms with van der Waals surface area (Å²) in [5.41, 5.74) is 8.21. The topological polar surface area (TPSA) is 79.1 Å². The van der Waals surface area contributed by atoms with Gasteiger partial charge in [0, 0.05) is 37.6 Å². The number of hydrogen-bond donors (Lipinski definition) is 1. The fourth-order valence-electron chi connectivity index (χ4n) is 4.78. The van der Waals surface area contributed by atoms with Gasteiger partial charge in [0.05, 0.1) is 18.9 Å². The molecule has 2 N–H and O–H groups in total. The summed E-state index contributed by atoms with van der Waals surface area (Å²) < 4.78 is 5.45. The summed E-state index contributed by atoms with van der Waals surface area (Å²) in [5, 5.41) is 0. The van der Waals surface area contributed by atoms with Crippen molar-refractivity contribution in [3.63, 3.8) is 0 Å². The minimum atomic E-state index is -0.492. The average molecular weight is 370 g/mol. The third-order valence-electron chi connectivity index (χ3n) is 6.58. The van der Waals surface area contributed by atoms with Gasteiger partial charge >= 0.3 is 6.03 Å². The molecular weight excluding hydrogens is 344 g/mol. The Morgan fingerprint density at radius 2 is 1.78 bits per heavy atom. The molecule has 1 aromatic carbocycles. The van der Waals surface area contributed by atoms with Gasteiger partial charge in [-0.25, -0.2) is 9.69 Å². The summed E-state index contributed by atoms with van der Waals surface area (Å²) in [6.07, 6.45) is 3.07. The average Bonchev–Trinajstić information content (AvgIpc) is 3.28. The van der Waals surface area contributed by atoms with Gasteiger partial charge in [-0.15, -0.1) is 0 Å². The van der Waals surface area contributed by atoms with Crippen molar-refractivity contribution in [1.29, 1.82) is 0 Å². The van der Waals surface area contributed by atoms with Gasteiger partial charge in [0.2, 0.25) is 0 Å². The zero-order valence-corrected chi connectivity index (χ0v) is 15.5. The number of hydrogen-bond acceptors (Lipinski definition) is 5. The van der Waals surface area contributed by atoms with Crippen molar-refractivity contribution >= 4 is 17.6 Å². The van der Waals surface area contributed by atoms with Gasteiger partial charge in [0.1, 0.15) is 6.04 Å². The highest BCUT2D eigenvalue weighted by Crippen LogP contribution is 2.49. The lowest BCUT2D eigenvalue weighted by molar-refractivity contribution is -0.119. The Bertz CT molecular complexity index is 755. The van der Waals surface area contributed by atoms with Gasteiger partial charge in [-0.3, -0.25) is 9.69 Å². The summed E-state index contributed by atoms with van der Waals surface area (Å²) in [7, 11) is 0. The van der Waals surface area contributed by atoms with Crippen LogP contribution in [0.5, 0.6) is 0 Å². The van der Waals surface area contributed by atoms with Crippen molar-refractivity contribution < 1.29 is 14.3 Å². The molecule has 3 amide bonds. The minimum Gasteiger partial charge on any atom is -0.379 e. The van der Waals surface area contributed by atoms with E-state index in [9.17, 15) is 9.59 Å². The zero-order valence-electron chi connectivity index (χ0n) is 15.5. The Kier molecular flexibility index (Phi) is 4.00. The molecule has 7 heteroatoms. The fraction of sp³-hybridized carbons (Fsp3) is 0.600. The van der Waals surface area contributed by atoms with Crippen LogP contribution < -0.4 is 10.6 Å².